The van der Waals surface area contributed by atoms with E-state index in [-0.39, 0.29) is 6.10 Å². The molecule has 1 aromatic rings. The van der Waals surface area contributed by atoms with Crippen LogP contribution in [-0.2, 0) is 0 Å². The molecule has 0 saturated heterocycles. The van der Waals surface area contributed by atoms with E-state index in [0.717, 1.165) is 19.0 Å². The molecule has 0 bridgehead atoms. The van der Waals surface area contributed by atoms with Gasteiger partial charge in [-0.3, -0.25) is 10.1 Å². The van der Waals surface area contributed by atoms with Crippen LogP contribution in [0.1, 0.15) is 31.2 Å². The van der Waals surface area contributed by atoms with Gasteiger partial charge in [-0.05, 0) is 31.7 Å². The van der Waals surface area contributed by atoms with Gasteiger partial charge in [0.1, 0.15) is 0 Å². The number of ether oxygens (including phenoxy) is 2. The average Bonchev–Trinajstić information content (AvgIpc) is 2.90. The molecule has 19 heavy (non-hydrogen) atoms. The first-order valence-corrected chi connectivity index (χ1v) is 6.36. The minimum absolute atomic E-state index is 0.180. The molecule has 0 spiro atoms. The van der Waals surface area contributed by atoms with Crippen molar-refractivity contribution in [1.82, 2.24) is 0 Å². The van der Waals surface area contributed by atoms with Gasteiger partial charge in [0.05, 0.1) is 18.1 Å². The van der Waals surface area contributed by atoms with Crippen molar-refractivity contribution in [3.63, 3.8) is 0 Å². The lowest BCUT2D eigenvalue weighted by atomic mass is 10.1. The van der Waals surface area contributed by atoms with E-state index < -0.39 is 4.92 Å². The van der Waals surface area contributed by atoms with Crippen LogP contribution >= 0.6 is 0 Å². The smallest absolute Gasteiger partial charge is 0.235 e. The standard InChI is InChI=1S/C14H17NO4/c1-18-13-8-4-5-11(9-10-15(16)17)14(13)19-12-6-2-3-7-12/h4-5,8-10,12H,2-3,6-7H2,1H3/b10-9+. The summed E-state index contributed by atoms with van der Waals surface area (Å²) >= 11 is 0. The number of hydrogen-bond donors (Lipinski definition) is 0. The summed E-state index contributed by atoms with van der Waals surface area (Å²) in [6, 6.07) is 5.38. The van der Waals surface area contributed by atoms with Crippen LogP contribution in [0.2, 0.25) is 0 Å². The molecule has 1 aliphatic carbocycles. The number of nitro groups is 1. The van der Waals surface area contributed by atoms with Crippen molar-refractivity contribution >= 4 is 6.08 Å². The van der Waals surface area contributed by atoms with Crippen LogP contribution in [-0.4, -0.2) is 18.1 Å². The predicted octanol–water partition coefficient (Wildman–Crippen LogP) is 3.26. The third kappa shape index (κ3) is 3.47. The van der Waals surface area contributed by atoms with E-state index in [1.165, 1.54) is 18.9 Å². The fourth-order valence-electron chi connectivity index (χ4n) is 2.26. The Balaban J connectivity index is 2.27. The molecule has 1 aromatic carbocycles. The molecule has 1 aliphatic rings. The summed E-state index contributed by atoms with van der Waals surface area (Å²) < 4.78 is 11.2. The largest absolute Gasteiger partial charge is 0.493 e. The molecular formula is C14H17NO4. The molecule has 1 fully saturated rings. The molecule has 0 unspecified atom stereocenters. The first-order chi connectivity index (χ1) is 9.20. The zero-order valence-corrected chi connectivity index (χ0v) is 10.9. The Bertz CT molecular complexity index is 478. The molecule has 0 amide bonds. The second kappa shape index (κ2) is 6.22. The lowest BCUT2D eigenvalue weighted by Gasteiger charge is -2.17. The highest BCUT2D eigenvalue weighted by Crippen LogP contribution is 2.35. The van der Waals surface area contributed by atoms with Gasteiger partial charge in [-0.2, -0.15) is 0 Å². The molecule has 0 N–H and O–H groups in total. The molecule has 5 heteroatoms. The molecule has 1 saturated carbocycles. The summed E-state index contributed by atoms with van der Waals surface area (Å²) in [5.41, 5.74) is 0.669. The number of benzene rings is 1. The maximum Gasteiger partial charge on any atom is 0.235 e. The summed E-state index contributed by atoms with van der Waals surface area (Å²) in [6.07, 6.45) is 6.91. The summed E-state index contributed by atoms with van der Waals surface area (Å²) in [7, 11) is 1.57. The van der Waals surface area contributed by atoms with Gasteiger partial charge in [-0.1, -0.05) is 12.1 Å². The highest BCUT2D eigenvalue weighted by atomic mass is 16.6. The van der Waals surface area contributed by atoms with Gasteiger partial charge in [0, 0.05) is 11.6 Å². The Kier molecular flexibility index (Phi) is 4.39. The van der Waals surface area contributed by atoms with Crippen LogP contribution < -0.4 is 9.47 Å². The van der Waals surface area contributed by atoms with Gasteiger partial charge in [0.2, 0.25) is 6.20 Å². The minimum atomic E-state index is -0.487. The molecule has 0 aromatic heterocycles. The second-order valence-corrected chi connectivity index (χ2v) is 4.50. The van der Waals surface area contributed by atoms with Crippen molar-refractivity contribution in [2.24, 2.45) is 0 Å². The normalized spacial score (nSPS) is 15.8. The van der Waals surface area contributed by atoms with Gasteiger partial charge >= 0.3 is 0 Å². The topological polar surface area (TPSA) is 61.6 Å². The fraction of sp³-hybridized carbons (Fsp3) is 0.429. The lowest BCUT2D eigenvalue weighted by molar-refractivity contribution is -0.400. The predicted molar refractivity (Wildman–Crippen MR) is 71.9 cm³/mol. The third-order valence-electron chi connectivity index (χ3n) is 3.19. The van der Waals surface area contributed by atoms with Gasteiger partial charge < -0.3 is 9.47 Å². The minimum Gasteiger partial charge on any atom is -0.493 e. The highest BCUT2D eigenvalue weighted by molar-refractivity contribution is 5.61. The number of hydrogen-bond acceptors (Lipinski definition) is 4. The van der Waals surface area contributed by atoms with Gasteiger partial charge in [-0.15, -0.1) is 0 Å². The molecule has 5 nitrogen and oxygen atoms in total. The van der Waals surface area contributed by atoms with Crippen LogP contribution in [0.25, 0.3) is 6.08 Å². The average molecular weight is 263 g/mol. The maximum atomic E-state index is 10.4. The summed E-state index contributed by atoms with van der Waals surface area (Å²) in [5, 5.41) is 10.4. The molecule has 2 rings (SSSR count). The lowest BCUT2D eigenvalue weighted by Crippen LogP contribution is -2.12. The number of rotatable bonds is 5. The molecule has 102 valence electrons. The van der Waals surface area contributed by atoms with Crippen molar-refractivity contribution in [1.29, 1.82) is 0 Å². The molecule has 0 radical (unpaired) electrons. The van der Waals surface area contributed by atoms with E-state index in [2.05, 4.69) is 0 Å². The maximum absolute atomic E-state index is 10.4. The van der Waals surface area contributed by atoms with Crippen molar-refractivity contribution in [3.05, 3.63) is 40.1 Å². The van der Waals surface area contributed by atoms with E-state index >= 15 is 0 Å². The quantitative estimate of drug-likeness (QED) is 0.604. The first-order valence-electron chi connectivity index (χ1n) is 6.36. The number of methoxy groups -OCH3 is 1. The van der Waals surface area contributed by atoms with Gasteiger partial charge in [0.15, 0.2) is 11.5 Å². The van der Waals surface area contributed by atoms with Crippen LogP contribution in [0.15, 0.2) is 24.4 Å². The first kappa shape index (κ1) is 13.4. The summed E-state index contributed by atoms with van der Waals surface area (Å²) in [4.78, 5) is 9.94. The molecular weight excluding hydrogens is 246 g/mol. The summed E-state index contributed by atoms with van der Waals surface area (Å²) in [5.74, 6) is 1.20. The monoisotopic (exact) mass is 263 g/mol. The van der Waals surface area contributed by atoms with Crippen molar-refractivity contribution in [2.45, 2.75) is 31.8 Å². The van der Waals surface area contributed by atoms with E-state index in [4.69, 9.17) is 9.47 Å². The Morgan fingerprint density at radius 2 is 2.11 bits per heavy atom. The number of nitrogens with zero attached hydrogens (tertiary/aromatic N) is 1. The number of para-hydroxylation sites is 1. The third-order valence-corrected chi connectivity index (χ3v) is 3.19. The molecule has 0 aliphatic heterocycles. The van der Waals surface area contributed by atoms with Crippen molar-refractivity contribution in [2.75, 3.05) is 7.11 Å². The zero-order chi connectivity index (χ0) is 13.7. The Morgan fingerprint density at radius 3 is 2.74 bits per heavy atom. The zero-order valence-electron chi connectivity index (χ0n) is 10.9. The van der Waals surface area contributed by atoms with E-state index in [1.54, 1.807) is 25.3 Å². The van der Waals surface area contributed by atoms with Gasteiger partial charge in [-0.25, -0.2) is 0 Å². The van der Waals surface area contributed by atoms with Crippen molar-refractivity contribution in [3.8, 4) is 11.5 Å². The summed E-state index contributed by atoms with van der Waals surface area (Å²) in [6.45, 7) is 0. The Labute approximate surface area is 112 Å². The highest BCUT2D eigenvalue weighted by Gasteiger charge is 2.20. The van der Waals surface area contributed by atoms with Crippen molar-refractivity contribution < 1.29 is 14.4 Å². The van der Waals surface area contributed by atoms with Crippen LogP contribution in [0, 0.1) is 10.1 Å². The van der Waals surface area contributed by atoms with E-state index in [9.17, 15) is 10.1 Å². The second-order valence-electron chi connectivity index (χ2n) is 4.50. The Hall–Kier alpha value is -2.04. The SMILES string of the molecule is COc1cccc(/C=C/[N+](=O)[O-])c1OC1CCCC1. The van der Waals surface area contributed by atoms with E-state index in [1.807, 2.05) is 0 Å². The van der Waals surface area contributed by atoms with Gasteiger partial charge in [0.25, 0.3) is 0 Å². The van der Waals surface area contributed by atoms with Crippen LogP contribution in [0.3, 0.4) is 0 Å². The molecule has 0 atom stereocenters. The Morgan fingerprint density at radius 1 is 1.37 bits per heavy atom. The van der Waals surface area contributed by atoms with Crippen LogP contribution in [0.5, 0.6) is 11.5 Å². The van der Waals surface area contributed by atoms with Crippen LogP contribution in [0.4, 0.5) is 0 Å². The van der Waals surface area contributed by atoms with E-state index in [0.29, 0.717) is 17.1 Å². The molecule has 0 heterocycles. The fourth-order valence-corrected chi connectivity index (χ4v) is 2.26.